The number of anilines is 2. The number of aromatic nitrogens is 2. The molecule has 31 heavy (non-hydrogen) atoms. The molecule has 8 nitrogen and oxygen atoms in total. The van der Waals surface area contributed by atoms with Gasteiger partial charge in [0.05, 0.1) is 18.0 Å². The summed E-state index contributed by atoms with van der Waals surface area (Å²) in [6.45, 7) is 6.20. The molecular formula is C22H28BN5O3. The average Bonchev–Trinajstić information content (AvgIpc) is 3.27. The highest BCUT2D eigenvalue weighted by molar-refractivity contribution is 6.47. The molecule has 0 radical (unpaired) electrons. The summed E-state index contributed by atoms with van der Waals surface area (Å²) in [6.07, 6.45) is 5.36. The van der Waals surface area contributed by atoms with E-state index in [2.05, 4.69) is 37.3 Å². The summed E-state index contributed by atoms with van der Waals surface area (Å²) >= 11 is 0. The van der Waals surface area contributed by atoms with Crippen molar-refractivity contribution in [2.24, 2.45) is 17.1 Å². The molecule has 1 saturated carbocycles. The van der Waals surface area contributed by atoms with Crippen LogP contribution >= 0.6 is 0 Å². The highest BCUT2D eigenvalue weighted by atomic mass is 16.5. The third-order valence-corrected chi connectivity index (χ3v) is 6.31. The zero-order chi connectivity index (χ0) is 22.3. The van der Waals surface area contributed by atoms with Crippen LogP contribution < -0.4 is 15.7 Å². The first-order valence-corrected chi connectivity index (χ1v) is 10.7. The molecule has 1 aromatic heterocycles. The van der Waals surface area contributed by atoms with E-state index >= 15 is 0 Å². The zero-order valence-corrected chi connectivity index (χ0v) is 18.1. The standard InChI is InChI=1S/C22H28BN5O3/c1-22(2,3)19-15-9-8-14(10-18(15)31-23(19)30)26-21-16(20(25)29)12-28(27-21)17-7-5-4-6-13(17)11-24/h8-10,12-13,17,19,30H,4-7H2,1-3H3,(H2,25,29)(H,26,27)/t13-,17+,19?/m0/s1. The molecule has 0 bridgehead atoms. The van der Waals surface area contributed by atoms with Crippen molar-refractivity contribution >= 4 is 24.5 Å². The van der Waals surface area contributed by atoms with Crippen molar-refractivity contribution in [1.82, 2.24) is 9.78 Å². The Morgan fingerprint density at radius 1 is 1.39 bits per heavy atom. The number of carbonyl (C=O) groups is 1. The summed E-state index contributed by atoms with van der Waals surface area (Å²) in [5, 5.41) is 27.6. The normalized spacial score (nSPS) is 23.1. The van der Waals surface area contributed by atoms with Gasteiger partial charge in [-0.25, -0.2) is 0 Å². The predicted octanol–water partition coefficient (Wildman–Crippen LogP) is 3.52. The zero-order valence-electron chi connectivity index (χ0n) is 18.1. The predicted molar refractivity (Wildman–Crippen MR) is 118 cm³/mol. The Balaban J connectivity index is 1.63. The Morgan fingerprint density at radius 3 is 2.81 bits per heavy atom. The highest BCUT2D eigenvalue weighted by Crippen LogP contribution is 2.46. The minimum absolute atomic E-state index is 0.0709. The van der Waals surface area contributed by atoms with E-state index in [0.29, 0.717) is 17.3 Å². The Kier molecular flexibility index (Phi) is 5.44. The van der Waals surface area contributed by atoms with Gasteiger partial charge in [-0.05, 0) is 29.9 Å². The largest absolute Gasteiger partial charge is 0.535 e. The Morgan fingerprint density at radius 2 is 2.13 bits per heavy atom. The van der Waals surface area contributed by atoms with Crippen LogP contribution in [0.15, 0.2) is 24.4 Å². The van der Waals surface area contributed by atoms with Crippen LogP contribution in [-0.4, -0.2) is 27.8 Å². The van der Waals surface area contributed by atoms with Gasteiger partial charge >= 0.3 is 7.12 Å². The highest BCUT2D eigenvalue weighted by Gasteiger charge is 2.46. The molecule has 1 aliphatic carbocycles. The molecule has 1 aliphatic heterocycles. The van der Waals surface area contributed by atoms with Gasteiger partial charge in [-0.1, -0.05) is 39.7 Å². The van der Waals surface area contributed by atoms with E-state index in [0.717, 1.165) is 31.2 Å². The lowest BCUT2D eigenvalue weighted by Gasteiger charge is -2.26. The lowest BCUT2D eigenvalue weighted by molar-refractivity contribution is 0.100. The van der Waals surface area contributed by atoms with Gasteiger partial charge in [-0.2, -0.15) is 10.4 Å². The van der Waals surface area contributed by atoms with Gasteiger partial charge in [0.15, 0.2) is 5.82 Å². The number of amides is 1. The van der Waals surface area contributed by atoms with Crippen LogP contribution in [0.4, 0.5) is 11.5 Å². The maximum Gasteiger partial charge on any atom is 0.531 e. The number of rotatable bonds is 4. The number of nitrogens with zero attached hydrogens (tertiary/aromatic N) is 3. The average molecular weight is 421 g/mol. The SMILES string of the molecule is CC(C)(C)C1B(O)Oc2cc(Nc3nn([C@@H]4CCCC[C@H]4C#N)cc3C(N)=O)ccc21. The van der Waals surface area contributed by atoms with Crippen molar-refractivity contribution in [1.29, 1.82) is 5.26 Å². The van der Waals surface area contributed by atoms with Crippen LogP contribution in [0.25, 0.3) is 0 Å². The van der Waals surface area contributed by atoms with Crippen molar-refractivity contribution in [2.75, 3.05) is 5.32 Å². The van der Waals surface area contributed by atoms with Gasteiger partial charge in [-0.15, -0.1) is 0 Å². The lowest BCUT2D eigenvalue weighted by atomic mass is 9.58. The second kappa shape index (κ2) is 7.93. The Labute approximate surface area is 182 Å². The van der Waals surface area contributed by atoms with Crippen LogP contribution in [-0.2, 0) is 0 Å². The number of primary amides is 1. The third-order valence-electron chi connectivity index (χ3n) is 6.31. The molecular weight excluding hydrogens is 393 g/mol. The summed E-state index contributed by atoms with van der Waals surface area (Å²) < 4.78 is 7.40. The lowest BCUT2D eigenvalue weighted by Crippen LogP contribution is -2.33. The van der Waals surface area contributed by atoms with Crippen molar-refractivity contribution in [3.63, 3.8) is 0 Å². The van der Waals surface area contributed by atoms with E-state index in [9.17, 15) is 15.1 Å². The molecule has 4 rings (SSSR count). The van der Waals surface area contributed by atoms with Gasteiger partial charge < -0.3 is 20.7 Å². The van der Waals surface area contributed by atoms with Gasteiger partial charge in [0.25, 0.3) is 5.91 Å². The first-order chi connectivity index (χ1) is 14.7. The molecule has 3 atom stereocenters. The summed E-state index contributed by atoms with van der Waals surface area (Å²) in [5.74, 6) is 0.103. The number of nitrogens with two attached hydrogens (primary N) is 1. The number of fused-ring (bicyclic) bond motifs is 1. The summed E-state index contributed by atoms with van der Waals surface area (Å²) in [5.41, 5.74) is 7.34. The number of nitrogens with one attached hydrogen (secondary N) is 1. The second-order valence-corrected chi connectivity index (χ2v) is 9.55. The van der Waals surface area contributed by atoms with Gasteiger partial charge in [0.1, 0.15) is 11.3 Å². The van der Waals surface area contributed by atoms with Crippen molar-refractivity contribution in [3.8, 4) is 11.8 Å². The van der Waals surface area contributed by atoms with Crippen molar-refractivity contribution in [2.45, 2.75) is 58.3 Å². The summed E-state index contributed by atoms with van der Waals surface area (Å²) in [4.78, 5) is 12.0. The maximum atomic E-state index is 12.0. The molecule has 1 unspecified atom stereocenters. The minimum atomic E-state index is -0.903. The number of benzene rings is 1. The molecule has 2 aromatic rings. The minimum Gasteiger partial charge on any atom is -0.535 e. The van der Waals surface area contributed by atoms with E-state index in [1.807, 2.05) is 12.1 Å². The molecule has 1 fully saturated rings. The third kappa shape index (κ3) is 4.00. The molecule has 0 saturated heterocycles. The number of hydrogen-bond donors (Lipinski definition) is 3. The van der Waals surface area contributed by atoms with Crippen LogP contribution in [0, 0.1) is 22.7 Å². The van der Waals surface area contributed by atoms with E-state index in [1.54, 1.807) is 16.9 Å². The van der Waals surface area contributed by atoms with Crippen molar-refractivity contribution in [3.05, 3.63) is 35.5 Å². The molecule has 1 aromatic carbocycles. The quantitative estimate of drug-likeness (QED) is 0.649. The number of carbonyl (C=O) groups excluding carboxylic acids is 1. The van der Waals surface area contributed by atoms with Gasteiger partial charge in [0.2, 0.25) is 0 Å². The van der Waals surface area contributed by atoms with Crippen molar-refractivity contribution < 1.29 is 14.5 Å². The van der Waals surface area contributed by atoms with Gasteiger partial charge in [0, 0.05) is 23.8 Å². The molecule has 162 valence electrons. The van der Waals surface area contributed by atoms with Crippen LogP contribution in [0.1, 0.15) is 74.2 Å². The molecule has 0 spiro atoms. The van der Waals surface area contributed by atoms with E-state index < -0.39 is 13.0 Å². The topological polar surface area (TPSA) is 126 Å². The first-order valence-electron chi connectivity index (χ1n) is 10.7. The fourth-order valence-corrected chi connectivity index (χ4v) is 4.77. The van der Waals surface area contributed by atoms with Crippen LogP contribution in [0.2, 0.25) is 0 Å². The smallest absolute Gasteiger partial charge is 0.531 e. The number of hydrogen-bond acceptors (Lipinski definition) is 6. The molecule has 1 amide bonds. The maximum absolute atomic E-state index is 12.0. The monoisotopic (exact) mass is 421 g/mol. The second-order valence-electron chi connectivity index (χ2n) is 9.55. The fourth-order valence-electron chi connectivity index (χ4n) is 4.77. The van der Waals surface area contributed by atoms with E-state index in [4.69, 9.17) is 10.4 Å². The van der Waals surface area contributed by atoms with Gasteiger partial charge in [-0.3, -0.25) is 9.48 Å². The van der Waals surface area contributed by atoms with Crippen LogP contribution in [0.3, 0.4) is 0 Å². The Bertz CT molecular complexity index is 1040. The fraction of sp³-hybridized carbons (Fsp3) is 0.500. The first kappa shape index (κ1) is 21.3. The van der Waals surface area contributed by atoms with E-state index in [1.165, 1.54) is 0 Å². The van der Waals surface area contributed by atoms with Crippen LogP contribution in [0.5, 0.6) is 5.75 Å². The summed E-state index contributed by atoms with van der Waals surface area (Å²) in [7, 11) is -0.903. The molecule has 9 heteroatoms. The molecule has 4 N–H and O–H groups in total. The number of nitriles is 1. The molecule has 2 aliphatic rings. The Hall–Kier alpha value is -2.99. The molecule has 2 heterocycles. The van der Waals surface area contributed by atoms with E-state index in [-0.39, 0.29) is 28.8 Å². The summed E-state index contributed by atoms with van der Waals surface area (Å²) in [6, 6.07) is 7.90.